The van der Waals surface area contributed by atoms with Gasteiger partial charge in [-0.1, -0.05) is 0 Å². The zero-order valence-electron chi connectivity index (χ0n) is 8.21. The average Bonchev–Trinajstić information content (AvgIpc) is 2.29. The second-order valence-corrected chi connectivity index (χ2v) is 4.39. The number of halogens is 1. The maximum atomic E-state index is 5.86. The Labute approximate surface area is 92.2 Å². The van der Waals surface area contributed by atoms with E-state index in [1.54, 1.807) is 0 Å². The summed E-state index contributed by atoms with van der Waals surface area (Å²) < 4.78 is 2.92. The van der Waals surface area contributed by atoms with E-state index < -0.39 is 0 Å². The molecular formula is C8H15IN4. The molecule has 0 radical (unpaired) electrons. The lowest BCUT2D eigenvalue weighted by molar-refractivity contribution is 0.374. The molecule has 13 heavy (non-hydrogen) atoms. The van der Waals surface area contributed by atoms with E-state index in [9.17, 15) is 0 Å². The molecule has 1 aromatic rings. The van der Waals surface area contributed by atoms with Crippen LogP contribution in [0.3, 0.4) is 0 Å². The molecule has 0 spiro atoms. The molecular weight excluding hydrogens is 279 g/mol. The third-order valence-electron chi connectivity index (χ3n) is 1.85. The molecule has 0 bridgehead atoms. The van der Waals surface area contributed by atoms with Gasteiger partial charge in [-0.05, 0) is 43.6 Å². The van der Waals surface area contributed by atoms with Crippen LogP contribution in [-0.4, -0.2) is 35.3 Å². The standard InChI is InChI=1S/C8H15IN4/c1-6-7(9)8(10)13(11-6)5-4-12(2)3/h4-5,10H2,1-3H3. The number of likely N-dealkylation sites (N-methyl/N-ethyl adjacent to an activating group) is 1. The van der Waals surface area contributed by atoms with Gasteiger partial charge in [-0.2, -0.15) is 5.10 Å². The van der Waals surface area contributed by atoms with E-state index in [1.165, 1.54) is 0 Å². The first kappa shape index (κ1) is 10.8. The van der Waals surface area contributed by atoms with E-state index >= 15 is 0 Å². The molecule has 0 atom stereocenters. The molecule has 0 unspecified atom stereocenters. The molecule has 2 N–H and O–H groups in total. The highest BCUT2D eigenvalue weighted by molar-refractivity contribution is 14.1. The first-order valence-corrected chi connectivity index (χ1v) is 5.23. The summed E-state index contributed by atoms with van der Waals surface area (Å²) in [6.07, 6.45) is 0. The van der Waals surface area contributed by atoms with Crippen LogP contribution in [0.1, 0.15) is 5.69 Å². The fourth-order valence-electron chi connectivity index (χ4n) is 1.04. The third-order valence-corrected chi connectivity index (χ3v) is 3.18. The first-order chi connectivity index (χ1) is 6.02. The topological polar surface area (TPSA) is 47.1 Å². The Morgan fingerprint density at radius 1 is 1.54 bits per heavy atom. The van der Waals surface area contributed by atoms with Crippen LogP contribution in [-0.2, 0) is 6.54 Å². The molecule has 1 rings (SSSR count). The summed E-state index contributed by atoms with van der Waals surface area (Å²) in [5.41, 5.74) is 6.88. The van der Waals surface area contributed by atoms with Gasteiger partial charge in [0.25, 0.3) is 0 Å². The molecule has 0 saturated heterocycles. The van der Waals surface area contributed by atoms with Crippen LogP contribution >= 0.6 is 22.6 Å². The number of nitrogens with two attached hydrogens (primary N) is 1. The predicted octanol–water partition coefficient (Wildman–Crippen LogP) is 0.940. The lowest BCUT2D eigenvalue weighted by atomic mass is 10.5. The van der Waals surface area contributed by atoms with Crippen LogP contribution in [0.2, 0.25) is 0 Å². The predicted molar refractivity (Wildman–Crippen MR) is 62.6 cm³/mol. The Bertz CT molecular complexity index is 293. The van der Waals surface area contributed by atoms with Gasteiger partial charge in [-0.3, -0.25) is 0 Å². The molecule has 0 amide bonds. The van der Waals surface area contributed by atoms with Gasteiger partial charge in [0.05, 0.1) is 15.8 Å². The molecule has 1 aromatic heterocycles. The van der Waals surface area contributed by atoms with Crippen molar-refractivity contribution in [3.63, 3.8) is 0 Å². The van der Waals surface area contributed by atoms with Crippen LogP contribution in [0.25, 0.3) is 0 Å². The Kier molecular flexibility index (Phi) is 3.55. The summed E-state index contributed by atoms with van der Waals surface area (Å²) in [5.74, 6) is 0.778. The number of nitrogen functional groups attached to an aromatic ring is 1. The largest absolute Gasteiger partial charge is 0.383 e. The van der Waals surface area contributed by atoms with E-state index in [-0.39, 0.29) is 0 Å². The van der Waals surface area contributed by atoms with Crippen molar-refractivity contribution >= 4 is 28.4 Å². The van der Waals surface area contributed by atoms with Crippen molar-refractivity contribution in [3.05, 3.63) is 9.26 Å². The number of rotatable bonds is 3. The fourth-order valence-corrected chi connectivity index (χ4v) is 1.43. The Morgan fingerprint density at radius 3 is 2.54 bits per heavy atom. The number of hydrogen-bond donors (Lipinski definition) is 1. The smallest absolute Gasteiger partial charge is 0.135 e. The van der Waals surface area contributed by atoms with Gasteiger partial charge in [-0.25, -0.2) is 4.68 Å². The Hall–Kier alpha value is -0.300. The summed E-state index contributed by atoms with van der Waals surface area (Å²) in [6, 6.07) is 0. The molecule has 74 valence electrons. The van der Waals surface area contributed by atoms with Gasteiger partial charge >= 0.3 is 0 Å². The molecule has 5 heteroatoms. The Balaban J connectivity index is 2.72. The first-order valence-electron chi connectivity index (χ1n) is 4.15. The minimum atomic E-state index is 0.778. The van der Waals surface area contributed by atoms with Gasteiger partial charge in [0.2, 0.25) is 0 Å². The molecule has 1 heterocycles. The number of nitrogens with zero attached hydrogens (tertiary/aromatic N) is 3. The van der Waals surface area contributed by atoms with Gasteiger partial charge in [0.15, 0.2) is 0 Å². The Morgan fingerprint density at radius 2 is 2.15 bits per heavy atom. The zero-order valence-corrected chi connectivity index (χ0v) is 10.4. The van der Waals surface area contributed by atoms with Crippen molar-refractivity contribution in [2.24, 2.45) is 0 Å². The molecule has 0 saturated carbocycles. The van der Waals surface area contributed by atoms with Gasteiger partial charge in [0.1, 0.15) is 5.82 Å². The van der Waals surface area contributed by atoms with Crippen molar-refractivity contribution in [1.29, 1.82) is 0 Å². The van der Waals surface area contributed by atoms with Crippen molar-refractivity contribution < 1.29 is 0 Å². The van der Waals surface area contributed by atoms with Crippen LogP contribution in [0.4, 0.5) is 5.82 Å². The summed E-state index contributed by atoms with van der Waals surface area (Å²) in [5, 5.41) is 4.34. The number of aromatic nitrogens is 2. The highest BCUT2D eigenvalue weighted by Crippen LogP contribution is 2.17. The average molecular weight is 294 g/mol. The molecule has 0 aliphatic heterocycles. The summed E-state index contributed by atoms with van der Waals surface area (Å²) in [7, 11) is 4.08. The summed E-state index contributed by atoms with van der Waals surface area (Å²) >= 11 is 2.22. The maximum absolute atomic E-state index is 5.86. The van der Waals surface area contributed by atoms with Gasteiger partial charge in [0, 0.05) is 6.54 Å². The summed E-state index contributed by atoms with van der Waals surface area (Å²) in [4.78, 5) is 2.11. The van der Waals surface area contributed by atoms with Crippen LogP contribution in [0, 0.1) is 10.5 Å². The lowest BCUT2D eigenvalue weighted by Crippen LogP contribution is -2.20. The highest BCUT2D eigenvalue weighted by atomic mass is 127. The maximum Gasteiger partial charge on any atom is 0.135 e. The van der Waals surface area contributed by atoms with E-state index in [1.807, 2.05) is 25.7 Å². The quantitative estimate of drug-likeness (QED) is 0.844. The molecule has 4 nitrogen and oxygen atoms in total. The van der Waals surface area contributed by atoms with Crippen molar-refractivity contribution in [2.75, 3.05) is 26.4 Å². The van der Waals surface area contributed by atoms with Gasteiger partial charge < -0.3 is 10.6 Å². The third kappa shape index (κ3) is 2.57. The van der Waals surface area contributed by atoms with Crippen LogP contribution in [0.15, 0.2) is 0 Å². The number of anilines is 1. The van der Waals surface area contributed by atoms with E-state index in [0.29, 0.717) is 0 Å². The van der Waals surface area contributed by atoms with E-state index in [0.717, 1.165) is 28.2 Å². The highest BCUT2D eigenvalue weighted by Gasteiger charge is 2.08. The normalized spacial score (nSPS) is 11.2. The summed E-state index contributed by atoms with van der Waals surface area (Å²) in [6.45, 7) is 3.79. The lowest BCUT2D eigenvalue weighted by Gasteiger charge is -2.09. The SMILES string of the molecule is Cc1nn(CCN(C)C)c(N)c1I. The monoisotopic (exact) mass is 294 g/mol. The second kappa shape index (κ2) is 4.28. The van der Waals surface area contributed by atoms with E-state index in [4.69, 9.17) is 5.73 Å². The molecule has 0 aromatic carbocycles. The van der Waals surface area contributed by atoms with Crippen molar-refractivity contribution in [1.82, 2.24) is 14.7 Å². The zero-order chi connectivity index (χ0) is 10.0. The molecule has 0 aliphatic rings. The minimum absolute atomic E-state index is 0.778. The number of hydrogen-bond acceptors (Lipinski definition) is 3. The van der Waals surface area contributed by atoms with Crippen LogP contribution < -0.4 is 5.73 Å². The molecule has 0 fully saturated rings. The molecule has 0 aliphatic carbocycles. The van der Waals surface area contributed by atoms with Crippen molar-refractivity contribution in [3.8, 4) is 0 Å². The van der Waals surface area contributed by atoms with Crippen LogP contribution in [0.5, 0.6) is 0 Å². The fraction of sp³-hybridized carbons (Fsp3) is 0.625. The van der Waals surface area contributed by atoms with Crippen molar-refractivity contribution in [2.45, 2.75) is 13.5 Å². The van der Waals surface area contributed by atoms with Gasteiger partial charge in [-0.15, -0.1) is 0 Å². The minimum Gasteiger partial charge on any atom is -0.383 e. The number of aryl methyl sites for hydroxylation is 1. The second-order valence-electron chi connectivity index (χ2n) is 3.31. The van der Waals surface area contributed by atoms with E-state index in [2.05, 4.69) is 32.6 Å².